The molecule has 32 heavy (non-hydrogen) atoms. The largest absolute Gasteiger partial charge is 0.378 e. The van der Waals surface area contributed by atoms with Gasteiger partial charge in [-0.2, -0.15) is 9.65 Å². The predicted octanol–water partition coefficient (Wildman–Crippen LogP) is 8.43. The van der Waals surface area contributed by atoms with Gasteiger partial charge in [-0.1, -0.05) is 44.0 Å². The Morgan fingerprint density at radius 2 is 1.69 bits per heavy atom. The first-order chi connectivity index (χ1) is 15.7. The van der Waals surface area contributed by atoms with Crippen molar-refractivity contribution in [3.8, 4) is 6.07 Å². The second kappa shape index (κ2) is 13.8. The van der Waals surface area contributed by atoms with Crippen molar-refractivity contribution < 1.29 is 9.13 Å². The number of nitriles is 1. The van der Waals surface area contributed by atoms with Gasteiger partial charge in [0.2, 0.25) is 0 Å². The van der Waals surface area contributed by atoms with E-state index in [1.165, 1.54) is 81.4 Å². The Kier molecular flexibility index (Phi) is 10.8. The van der Waals surface area contributed by atoms with E-state index in [2.05, 4.69) is 31.2 Å². The van der Waals surface area contributed by atoms with E-state index in [4.69, 9.17) is 10.00 Å². The SMILES string of the molecule is CCCCCc1ccc([C@H]2CC[C@H](CO[C@H]3CC[C@H](CC/C=C(\F)C#N)CC3)CC2)cc1. The lowest BCUT2D eigenvalue weighted by Gasteiger charge is -2.32. The zero-order valence-electron chi connectivity index (χ0n) is 20.0. The molecule has 0 aromatic heterocycles. The van der Waals surface area contributed by atoms with Crippen molar-refractivity contribution >= 4 is 0 Å². The van der Waals surface area contributed by atoms with E-state index in [1.807, 2.05) is 0 Å². The van der Waals surface area contributed by atoms with Crippen LogP contribution in [0.2, 0.25) is 0 Å². The third-order valence-electron chi connectivity index (χ3n) is 7.73. The normalized spacial score (nSPS) is 26.6. The van der Waals surface area contributed by atoms with Crippen LogP contribution in [0.5, 0.6) is 0 Å². The molecular formula is C29H42FNO. The molecule has 0 radical (unpaired) electrons. The Morgan fingerprint density at radius 3 is 2.34 bits per heavy atom. The highest BCUT2D eigenvalue weighted by atomic mass is 19.1. The number of ether oxygens (including phenoxy) is 1. The maximum absolute atomic E-state index is 12.9. The summed E-state index contributed by atoms with van der Waals surface area (Å²) >= 11 is 0. The Bertz CT molecular complexity index is 719. The van der Waals surface area contributed by atoms with Crippen LogP contribution in [0.25, 0.3) is 0 Å². The zero-order chi connectivity index (χ0) is 22.6. The van der Waals surface area contributed by atoms with E-state index < -0.39 is 5.83 Å². The lowest BCUT2D eigenvalue weighted by atomic mass is 9.78. The highest BCUT2D eigenvalue weighted by Crippen LogP contribution is 2.37. The van der Waals surface area contributed by atoms with Crippen molar-refractivity contribution in [3.63, 3.8) is 0 Å². The molecule has 2 nitrogen and oxygen atoms in total. The van der Waals surface area contributed by atoms with Crippen LogP contribution in [0.3, 0.4) is 0 Å². The van der Waals surface area contributed by atoms with E-state index in [1.54, 1.807) is 6.07 Å². The molecule has 1 aromatic carbocycles. The minimum Gasteiger partial charge on any atom is -0.378 e. The number of nitrogens with zero attached hydrogens (tertiary/aromatic N) is 1. The number of allylic oxidation sites excluding steroid dienone is 2. The molecule has 2 saturated carbocycles. The van der Waals surface area contributed by atoms with Gasteiger partial charge in [-0.05, 0) is 112 Å². The summed E-state index contributed by atoms with van der Waals surface area (Å²) in [6, 6.07) is 11.0. The molecule has 0 atom stereocenters. The summed E-state index contributed by atoms with van der Waals surface area (Å²) in [4.78, 5) is 0. The first kappa shape index (κ1) is 25.0. The third-order valence-corrected chi connectivity index (χ3v) is 7.73. The lowest BCUT2D eigenvalue weighted by molar-refractivity contribution is -0.00824. The van der Waals surface area contributed by atoms with Gasteiger partial charge in [0, 0.05) is 6.61 Å². The summed E-state index contributed by atoms with van der Waals surface area (Å²) in [6.07, 6.45) is 18.4. The fraction of sp³-hybridized carbons (Fsp3) is 0.690. The molecule has 3 heteroatoms. The Morgan fingerprint density at radius 1 is 1.00 bits per heavy atom. The number of benzene rings is 1. The molecule has 0 heterocycles. The number of halogens is 1. The number of rotatable bonds is 11. The predicted molar refractivity (Wildman–Crippen MR) is 130 cm³/mol. The third kappa shape index (κ3) is 8.36. The fourth-order valence-corrected chi connectivity index (χ4v) is 5.55. The average Bonchev–Trinajstić information content (AvgIpc) is 2.84. The fourth-order valence-electron chi connectivity index (χ4n) is 5.55. The van der Waals surface area contributed by atoms with Gasteiger partial charge in [-0.25, -0.2) is 0 Å². The molecule has 0 spiro atoms. The van der Waals surface area contributed by atoms with E-state index in [0.29, 0.717) is 18.4 Å². The molecule has 0 bridgehead atoms. The molecule has 2 fully saturated rings. The Labute approximate surface area is 195 Å². The van der Waals surface area contributed by atoms with Gasteiger partial charge < -0.3 is 4.74 Å². The number of hydrogen-bond acceptors (Lipinski definition) is 2. The molecular weight excluding hydrogens is 397 g/mol. The van der Waals surface area contributed by atoms with Crippen LogP contribution < -0.4 is 0 Å². The van der Waals surface area contributed by atoms with Gasteiger partial charge in [0.15, 0.2) is 5.83 Å². The Balaban J connectivity index is 1.29. The number of hydrogen-bond donors (Lipinski definition) is 0. The van der Waals surface area contributed by atoms with Crippen molar-refractivity contribution in [2.75, 3.05) is 6.61 Å². The molecule has 0 amide bonds. The van der Waals surface area contributed by atoms with Crippen LogP contribution in [0.15, 0.2) is 36.2 Å². The van der Waals surface area contributed by atoms with Crippen LogP contribution >= 0.6 is 0 Å². The van der Waals surface area contributed by atoms with E-state index in [0.717, 1.165) is 37.7 Å². The number of aryl methyl sites for hydroxylation is 1. The lowest BCUT2D eigenvalue weighted by Crippen LogP contribution is -2.25. The van der Waals surface area contributed by atoms with Crippen LogP contribution in [-0.2, 0) is 11.2 Å². The van der Waals surface area contributed by atoms with Gasteiger partial charge in [-0.3, -0.25) is 0 Å². The van der Waals surface area contributed by atoms with Crippen LogP contribution in [0, 0.1) is 23.2 Å². The van der Waals surface area contributed by atoms with Gasteiger partial charge in [-0.15, -0.1) is 0 Å². The minimum absolute atomic E-state index is 0.413. The molecule has 176 valence electrons. The highest BCUT2D eigenvalue weighted by molar-refractivity contribution is 5.26. The van der Waals surface area contributed by atoms with Crippen molar-refractivity contribution in [1.82, 2.24) is 0 Å². The quantitative estimate of drug-likeness (QED) is 0.256. The van der Waals surface area contributed by atoms with Crippen LogP contribution in [0.4, 0.5) is 4.39 Å². The van der Waals surface area contributed by atoms with Crippen molar-refractivity contribution in [1.29, 1.82) is 5.26 Å². The van der Waals surface area contributed by atoms with Gasteiger partial charge >= 0.3 is 0 Å². The van der Waals surface area contributed by atoms with Gasteiger partial charge in [0.25, 0.3) is 0 Å². The zero-order valence-corrected chi connectivity index (χ0v) is 20.0. The van der Waals surface area contributed by atoms with E-state index in [9.17, 15) is 4.39 Å². The average molecular weight is 440 g/mol. The summed E-state index contributed by atoms with van der Waals surface area (Å²) in [5, 5.41) is 8.48. The molecule has 0 saturated heterocycles. The topological polar surface area (TPSA) is 33.0 Å². The standard InChI is InChI=1S/C29H42FNO/c1-2-3-4-6-23-9-15-26(16-10-23)27-17-11-25(12-18-27)22-32-29-19-13-24(14-20-29)7-5-8-28(30)21-31/h8-10,15-16,24-25,27,29H,2-7,11-14,17-20,22H2,1H3/b28-8-/t24-,25-,27-,29-. The van der Waals surface area contributed by atoms with Crippen molar-refractivity contribution in [3.05, 3.63) is 47.3 Å². The Hall–Kier alpha value is -1.66. The molecule has 2 aliphatic rings. The monoisotopic (exact) mass is 439 g/mol. The minimum atomic E-state index is -0.642. The van der Waals surface area contributed by atoms with E-state index >= 15 is 0 Å². The summed E-state index contributed by atoms with van der Waals surface area (Å²) in [5.41, 5.74) is 3.02. The van der Waals surface area contributed by atoms with Gasteiger partial charge in [0.05, 0.1) is 6.10 Å². The first-order valence-electron chi connectivity index (χ1n) is 13.1. The summed E-state index contributed by atoms with van der Waals surface area (Å²) in [5.74, 6) is 1.46. The molecule has 3 rings (SSSR count). The molecule has 0 N–H and O–H groups in total. The van der Waals surface area contributed by atoms with E-state index in [-0.39, 0.29) is 0 Å². The van der Waals surface area contributed by atoms with Crippen molar-refractivity contribution in [2.24, 2.45) is 11.8 Å². The van der Waals surface area contributed by atoms with Gasteiger partial charge in [0.1, 0.15) is 6.07 Å². The maximum atomic E-state index is 12.9. The van der Waals surface area contributed by atoms with Crippen molar-refractivity contribution in [2.45, 2.75) is 109 Å². The van der Waals surface area contributed by atoms with Crippen LogP contribution in [0.1, 0.15) is 107 Å². The molecule has 1 aromatic rings. The second-order valence-electron chi connectivity index (χ2n) is 10.1. The second-order valence-corrected chi connectivity index (χ2v) is 10.1. The van der Waals surface area contributed by atoms with Crippen LogP contribution in [-0.4, -0.2) is 12.7 Å². The smallest absolute Gasteiger partial charge is 0.196 e. The maximum Gasteiger partial charge on any atom is 0.196 e. The first-order valence-corrected chi connectivity index (χ1v) is 13.1. The molecule has 0 unspecified atom stereocenters. The summed E-state index contributed by atoms with van der Waals surface area (Å²) < 4.78 is 19.2. The highest BCUT2D eigenvalue weighted by Gasteiger charge is 2.25. The summed E-state index contributed by atoms with van der Waals surface area (Å²) in [7, 11) is 0. The number of unbranched alkanes of at least 4 members (excludes halogenated alkanes) is 2. The summed E-state index contributed by atoms with van der Waals surface area (Å²) in [6.45, 7) is 3.19. The molecule has 0 aliphatic heterocycles. The molecule has 2 aliphatic carbocycles.